The molecule has 0 amide bonds. The fourth-order valence-electron chi connectivity index (χ4n) is 3.70. The van der Waals surface area contributed by atoms with E-state index in [0.29, 0.717) is 24.7 Å². The molecule has 0 aliphatic heterocycles. The van der Waals surface area contributed by atoms with Gasteiger partial charge in [-0.05, 0) is 36.7 Å². The van der Waals surface area contributed by atoms with Gasteiger partial charge < -0.3 is 10.2 Å². The highest BCUT2D eigenvalue weighted by molar-refractivity contribution is 7.80. The Morgan fingerprint density at radius 2 is 1.52 bits per heavy atom. The molecule has 0 unspecified atom stereocenters. The van der Waals surface area contributed by atoms with E-state index in [1.807, 2.05) is 30.3 Å². The summed E-state index contributed by atoms with van der Waals surface area (Å²) in [4.78, 5) is 2.09. The third kappa shape index (κ3) is 6.31. The van der Waals surface area contributed by atoms with E-state index < -0.39 is 0 Å². The number of hydrogen-bond acceptors (Lipinski definition) is 1. The molecule has 3 rings (SSSR count). The summed E-state index contributed by atoms with van der Waals surface area (Å²) in [7, 11) is 0. The minimum absolute atomic E-state index is 0.177. The van der Waals surface area contributed by atoms with E-state index in [0.717, 1.165) is 5.11 Å². The molecular formula is C23H29FN2S. The first-order chi connectivity index (χ1) is 13.2. The largest absolute Gasteiger partial charge is 0.360 e. The molecular weight excluding hydrogens is 355 g/mol. The van der Waals surface area contributed by atoms with Crippen molar-refractivity contribution >= 4 is 17.3 Å². The summed E-state index contributed by atoms with van der Waals surface area (Å²) in [6, 6.07) is 17.6. The molecule has 0 radical (unpaired) electrons. The van der Waals surface area contributed by atoms with Gasteiger partial charge in [0.05, 0.1) is 0 Å². The second-order valence-electron chi connectivity index (χ2n) is 7.42. The average molecular weight is 385 g/mol. The fourth-order valence-corrected chi connectivity index (χ4v) is 4.00. The highest BCUT2D eigenvalue weighted by Crippen LogP contribution is 2.19. The van der Waals surface area contributed by atoms with Crippen LogP contribution in [-0.2, 0) is 13.1 Å². The first-order valence-corrected chi connectivity index (χ1v) is 10.5. The van der Waals surface area contributed by atoms with E-state index in [9.17, 15) is 4.39 Å². The average Bonchev–Trinajstić information content (AvgIpc) is 2.66. The highest BCUT2D eigenvalue weighted by Gasteiger charge is 2.18. The zero-order valence-electron chi connectivity index (χ0n) is 15.9. The predicted molar refractivity (Wildman–Crippen MR) is 114 cm³/mol. The highest BCUT2D eigenvalue weighted by atomic mass is 32.1. The monoisotopic (exact) mass is 384 g/mol. The zero-order chi connectivity index (χ0) is 18.9. The van der Waals surface area contributed by atoms with Crippen LogP contribution in [0.15, 0.2) is 54.6 Å². The van der Waals surface area contributed by atoms with Crippen LogP contribution in [0.1, 0.15) is 56.1 Å². The van der Waals surface area contributed by atoms with E-state index >= 15 is 0 Å². The molecule has 27 heavy (non-hydrogen) atoms. The lowest BCUT2D eigenvalue weighted by Crippen LogP contribution is -2.44. The van der Waals surface area contributed by atoms with Crippen molar-refractivity contribution in [2.75, 3.05) is 0 Å². The molecule has 0 bridgehead atoms. The topological polar surface area (TPSA) is 15.3 Å². The summed E-state index contributed by atoms with van der Waals surface area (Å²) >= 11 is 5.77. The van der Waals surface area contributed by atoms with Crippen LogP contribution in [0.5, 0.6) is 0 Å². The Morgan fingerprint density at radius 1 is 0.889 bits per heavy atom. The van der Waals surface area contributed by atoms with Crippen molar-refractivity contribution in [1.82, 2.24) is 10.2 Å². The third-order valence-electron chi connectivity index (χ3n) is 5.26. The normalized spacial score (nSPS) is 15.6. The lowest BCUT2D eigenvalue weighted by Gasteiger charge is -2.30. The van der Waals surface area contributed by atoms with Gasteiger partial charge in [-0.1, -0.05) is 80.6 Å². The molecule has 0 aromatic heterocycles. The van der Waals surface area contributed by atoms with E-state index in [1.165, 1.54) is 56.6 Å². The third-order valence-corrected chi connectivity index (χ3v) is 5.63. The lowest BCUT2D eigenvalue weighted by atomic mass is 9.97. The molecule has 0 atom stereocenters. The molecule has 1 saturated carbocycles. The van der Waals surface area contributed by atoms with Crippen molar-refractivity contribution in [3.8, 4) is 0 Å². The summed E-state index contributed by atoms with van der Waals surface area (Å²) in [6.45, 7) is 1.15. The van der Waals surface area contributed by atoms with Crippen molar-refractivity contribution in [2.24, 2.45) is 0 Å². The molecule has 0 saturated heterocycles. The van der Waals surface area contributed by atoms with Gasteiger partial charge >= 0.3 is 0 Å². The number of benzene rings is 2. The van der Waals surface area contributed by atoms with E-state index in [4.69, 9.17) is 12.2 Å². The van der Waals surface area contributed by atoms with Gasteiger partial charge in [0.25, 0.3) is 0 Å². The summed E-state index contributed by atoms with van der Waals surface area (Å²) in [5.74, 6) is -0.177. The smallest absolute Gasteiger partial charge is 0.169 e. The second kappa shape index (κ2) is 10.4. The quantitative estimate of drug-likeness (QED) is 0.654. The van der Waals surface area contributed by atoms with Crippen molar-refractivity contribution in [2.45, 2.75) is 64.1 Å². The van der Waals surface area contributed by atoms with Crippen LogP contribution >= 0.6 is 12.2 Å². The number of nitrogens with zero attached hydrogens (tertiary/aromatic N) is 1. The second-order valence-corrected chi connectivity index (χ2v) is 7.81. The van der Waals surface area contributed by atoms with E-state index in [2.05, 4.69) is 22.3 Å². The number of hydrogen-bond donors (Lipinski definition) is 1. The van der Waals surface area contributed by atoms with Crippen LogP contribution < -0.4 is 5.32 Å². The molecule has 4 heteroatoms. The van der Waals surface area contributed by atoms with E-state index in [1.54, 1.807) is 6.07 Å². The number of rotatable bonds is 5. The van der Waals surface area contributed by atoms with Crippen LogP contribution in [0, 0.1) is 5.82 Å². The van der Waals surface area contributed by atoms with Gasteiger partial charge in [-0.15, -0.1) is 0 Å². The molecule has 1 fully saturated rings. The Morgan fingerprint density at radius 3 is 2.22 bits per heavy atom. The maximum atomic E-state index is 14.2. The molecule has 2 aromatic rings. The minimum Gasteiger partial charge on any atom is -0.360 e. The molecule has 144 valence electrons. The summed E-state index contributed by atoms with van der Waals surface area (Å²) in [5, 5.41) is 4.31. The van der Waals surface area contributed by atoms with Crippen LogP contribution in [0.4, 0.5) is 4.39 Å². The number of halogens is 1. The number of thiocarbonyl (C=S) groups is 1. The molecule has 1 aliphatic rings. The zero-order valence-corrected chi connectivity index (χ0v) is 16.7. The van der Waals surface area contributed by atoms with Gasteiger partial charge in [0.1, 0.15) is 5.82 Å². The molecule has 2 nitrogen and oxygen atoms in total. The van der Waals surface area contributed by atoms with Gasteiger partial charge in [0.2, 0.25) is 0 Å². The van der Waals surface area contributed by atoms with Gasteiger partial charge in [0.15, 0.2) is 5.11 Å². The van der Waals surface area contributed by atoms with Crippen LogP contribution in [0.3, 0.4) is 0 Å². The van der Waals surface area contributed by atoms with E-state index in [-0.39, 0.29) is 5.82 Å². The standard InChI is InChI=1S/C23H29FN2S/c24-22-16-10-9-13-20(22)18-26(17-19-11-5-4-6-12-19)23(27)25-21-14-7-2-1-3-8-15-21/h4-6,9-13,16,21H,1-3,7-8,14-15,17-18H2,(H,25,27). The number of nitrogens with one attached hydrogen (secondary N) is 1. The Hall–Kier alpha value is -1.94. The van der Waals surface area contributed by atoms with Gasteiger partial charge in [-0.2, -0.15) is 0 Å². The maximum absolute atomic E-state index is 14.2. The van der Waals surface area contributed by atoms with Gasteiger partial charge in [0, 0.05) is 24.7 Å². The van der Waals surface area contributed by atoms with Crippen molar-refractivity contribution in [3.63, 3.8) is 0 Å². The Bertz CT molecular complexity index is 711. The SMILES string of the molecule is Fc1ccccc1CN(Cc1ccccc1)C(=S)NC1CCCCCCC1. The molecule has 2 aromatic carbocycles. The summed E-state index contributed by atoms with van der Waals surface area (Å²) < 4.78 is 14.2. The Labute approximate surface area is 167 Å². The maximum Gasteiger partial charge on any atom is 0.169 e. The van der Waals surface area contributed by atoms with Crippen LogP contribution in [0.2, 0.25) is 0 Å². The first kappa shape index (κ1) is 19.8. The van der Waals surface area contributed by atoms with Gasteiger partial charge in [-0.3, -0.25) is 0 Å². The summed E-state index contributed by atoms with van der Waals surface area (Å²) in [6.07, 6.45) is 8.82. The van der Waals surface area contributed by atoms with Crippen molar-refractivity contribution < 1.29 is 4.39 Å². The summed E-state index contributed by atoms with van der Waals surface area (Å²) in [5.41, 5.74) is 1.85. The first-order valence-electron chi connectivity index (χ1n) is 10.0. The fraction of sp³-hybridized carbons (Fsp3) is 0.435. The minimum atomic E-state index is -0.177. The molecule has 0 spiro atoms. The Balaban J connectivity index is 1.71. The van der Waals surface area contributed by atoms with Crippen LogP contribution in [0.25, 0.3) is 0 Å². The Kier molecular flexibility index (Phi) is 7.64. The van der Waals surface area contributed by atoms with Crippen LogP contribution in [-0.4, -0.2) is 16.1 Å². The lowest BCUT2D eigenvalue weighted by molar-refractivity contribution is 0.365. The molecule has 0 heterocycles. The van der Waals surface area contributed by atoms with Gasteiger partial charge in [-0.25, -0.2) is 4.39 Å². The molecule has 1 aliphatic carbocycles. The molecule has 1 N–H and O–H groups in total. The van der Waals surface area contributed by atoms with Crippen molar-refractivity contribution in [1.29, 1.82) is 0 Å². The predicted octanol–water partition coefficient (Wildman–Crippen LogP) is 5.82. The van der Waals surface area contributed by atoms with Crippen molar-refractivity contribution in [3.05, 3.63) is 71.5 Å².